The molecule has 2 N–H and O–H groups in total. The van der Waals surface area contributed by atoms with Crippen molar-refractivity contribution in [1.29, 1.82) is 0 Å². The lowest BCUT2D eigenvalue weighted by Gasteiger charge is -2.43. The lowest BCUT2D eigenvalue weighted by molar-refractivity contribution is 0.163. The van der Waals surface area contributed by atoms with Crippen LogP contribution in [-0.4, -0.2) is 0 Å². The molecule has 0 aliphatic heterocycles. The highest BCUT2D eigenvalue weighted by Gasteiger charge is 2.39. The van der Waals surface area contributed by atoms with Crippen LogP contribution in [0, 0.1) is 24.6 Å². The van der Waals surface area contributed by atoms with E-state index in [0.29, 0.717) is 5.92 Å². The molecule has 0 amide bonds. The molecule has 1 aliphatic carbocycles. The first kappa shape index (κ1) is 12.6. The summed E-state index contributed by atoms with van der Waals surface area (Å²) in [4.78, 5) is 0. The zero-order valence-electron chi connectivity index (χ0n) is 11.0. The Morgan fingerprint density at radius 2 is 2.06 bits per heavy atom. The summed E-state index contributed by atoms with van der Waals surface area (Å²) in [6, 6.07) is 4.98. The standard InChI is InChI=1S/C15H22FN/c1-10-6-7-15(17,12(3)8-10)14-9-13(16)5-4-11(14)2/h4-5,9-10,12H,6-8,17H2,1-3H3. The average molecular weight is 235 g/mol. The van der Waals surface area contributed by atoms with Crippen LogP contribution < -0.4 is 5.73 Å². The van der Waals surface area contributed by atoms with Crippen molar-refractivity contribution in [2.75, 3.05) is 0 Å². The molecular formula is C15H22FN. The number of rotatable bonds is 1. The van der Waals surface area contributed by atoms with Crippen molar-refractivity contribution >= 4 is 0 Å². The maximum atomic E-state index is 13.4. The van der Waals surface area contributed by atoms with Gasteiger partial charge in [0.15, 0.2) is 0 Å². The monoisotopic (exact) mass is 235 g/mol. The Labute approximate surface area is 103 Å². The van der Waals surface area contributed by atoms with E-state index in [0.717, 1.165) is 36.3 Å². The number of halogens is 1. The number of nitrogens with two attached hydrogens (primary N) is 1. The summed E-state index contributed by atoms with van der Waals surface area (Å²) in [6.07, 6.45) is 3.23. The largest absolute Gasteiger partial charge is 0.321 e. The summed E-state index contributed by atoms with van der Waals surface area (Å²) >= 11 is 0. The minimum Gasteiger partial charge on any atom is -0.321 e. The van der Waals surface area contributed by atoms with Crippen LogP contribution in [0.25, 0.3) is 0 Å². The topological polar surface area (TPSA) is 26.0 Å². The van der Waals surface area contributed by atoms with Gasteiger partial charge in [0.2, 0.25) is 0 Å². The third kappa shape index (κ3) is 2.23. The van der Waals surface area contributed by atoms with E-state index in [1.54, 1.807) is 6.07 Å². The molecule has 0 aromatic heterocycles. The summed E-state index contributed by atoms with van der Waals surface area (Å²) in [5.41, 5.74) is 8.34. The van der Waals surface area contributed by atoms with Crippen molar-refractivity contribution in [2.45, 2.75) is 45.6 Å². The molecule has 3 atom stereocenters. The van der Waals surface area contributed by atoms with Crippen LogP contribution in [0.1, 0.15) is 44.2 Å². The zero-order chi connectivity index (χ0) is 12.6. The van der Waals surface area contributed by atoms with E-state index in [4.69, 9.17) is 5.73 Å². The van der Waals surface area contributed by atoms with Crippen molar-refractivity contribution < 1.29 is 4.39 Å². The smallest absolute Gasteiger partial charge is 0.123 e. The van der Waals surface area contributed by atoms with E-state index >= 15 is 0 Å². The second-order valence-electron chi connectivity index (χ2n) is 5.78. The third-order valence-corrected chi connectivity index (χ3v) is 4.39. The van der Waals surface area contributed by atoms with Crippen molar-refractivity contribution in [2.24, 2.45) is 17.6 Å². The van der Waals surface area contributed by atoms with Gasteiger partial charge in [-0.05, 0) is 61.3 Å². The first-order valence-electron chi connectivity index (χ1n) is 6.49. The molecule has 0 saturated heterocycles. The molecule has 17 heavy (non-hydrogen) atoms. The van der Waals surface area contributed by atoms with Crippen LogP contribution in [0.15, 0.2) is 18.2 Å². The molecule has 0 bridgehead atoms. The highest BCUT2D eigenvalue weighted by Crippen LogP contribution is 2.42. The quantitative estimate of drug-likeness (QED) is 0.788. The Morgan fingerprint density at radius 3 is 2.71 bits per heavy atom. The number of hydrogen-bond donors (Lipinski definition) is 1. The minimum absolute atomic E-state index is 0.179. The second-order valence-corrected chi connectivity index (χ2v) is 5.78. The highest BCUT2D eigenvalue weighted by molar-refractivity contribution is 5.34. The Bertz CT molecular complexity index is 415. The number of benzene rings is 1. The summed E-state index contributed by atoms with van der Waals surface area (Å²) < 4.78 is 13.4. The molecule has 2 rings (SSSR count). The lowest BCUT2D eigenvalue weighted by Crippen LogP contribution is -2.47. The van der Waals surface area contributed by atoms with Gasteiger partial charge < -0.3 is 5.73 Å². The van der Waals surface area contributed by atoms with Gasteiger partial charge in [0.1, 0.15) is 5.82 Å². The van der Waals surface area contributed by atoms with Crippen LogP contribution in [0.5, 0.6) is 0 Å². The Morgan fingerprint density at radius 1 is 1.35 bits per heavy atom. The van der Waals surface area contributed by atoms with Crippen LogP contribution in [-0.2, 0) is 5.54 Å². The van der Waals surface area contributed by atoms with Crippen LogP contribution in [0.2, 0.25) is 0 Å². The normalized spacial score (nSPS) is 33.7. The van der Waals surface area contributed by atoms with Crippen molar-refractivity contribution in [3.8, 4) is 0 Å². The summed E-state index contributed by atoms with van der Waals surface area (Å²) in [5, 5.41) is 0. The van der Waals surface area contributed by atoms with Crippen LogP contribution in [0.4, 0.5) is 4.39 Å². The van der Waals surface area contributed by atoms with Gasteiger partial charge in [0.25, 0.3) is 0 Å². The van der Waals surface area contributed by atoms with Gasteiger partial charge in [0, 0.05) is 5.54 Å². The fraction of sp³-hybridized carbons (Fsp3) is 0.600. The van der Waals surface area contributed by atoms with Gasteiger partial charge in [-0.2, -0.15) is 0 Å². The number of aryl methyl sites for hydroxylation is 1. The summed E-state index contributed by atoms with van der Waals surface area (Å²) in [7, 11) is 0. The van der Waals surface area contributed by atoms with E-state index in [1.807, 2.05) is 13.0 Å². The molecule has 0 radical (unpaired) electrons. The maximum absolute atomic E-state index is 13.4. The molecule has 1 nitrogen and oxygen atoms in total. The third-order valence-electron chi connectivity index (χ3n) is 4.39. The van der Waals surface area contributed by atoms with Crippen molar-refractivity contribution in [3.63, 3.8) is 0 Å². The van der Waals surface area contributed by atoms with E-state index in [1.165, 1.54) is 6.07 Å². The maximum Gasteiger partial charge on any atom is 0.123 e. The molecule has 94 valence electrons. The highest BCUT2D eigenvalue weighted by atomic mass is 19.1. The molecule has 1 fully saturated rings. The number of hydrogen-bond acceptors (Lipinski definition) is 1. The first-order chi connectivity index (χ1) is 7.93. The molecule has 0 spiro atoms. The van der Waals surface area contributed by atoms with Gasteiger partial charge in [-0.3, -0.25) is 0 Å². The summed E-state index contributed by atoms with van der Waals surface area (Å²) in [6.45, 7) is 6.49. The van der Waals surface area contributed by atoms with Crippen molar-refractivity contribution in [1.82, 2.24) is 0 Å². The second kappa shape index (κ2) is 4.41. The molecule has 1 aromatic carbocycles. The molecule has 2 heteroatoms. The fourth-order valence-electron chi connectivity index (χ4n) is 3.16. The molecule has 1 aromatic rings. The van der Waals surface area contributed by atoms with E-state index in [9.17, 15) is 4.39 Å². The van der Waals surface area contributed by atoms with Gasteiger partial charge in [-0.25, -0.2) is 4.39 Å². The van der Waals surface area contributed by atoms with Gasteiger partial charge >= 0.3 is 0 Å². The van der Waals surface area contributed by atoms with Crippen LogP contribution >= 0.6 is 0 Å². The van der Waals surface area contributed by atoms with E-state index < -0.39 is 0 Å². The van der Waals surface area contributed by atoms with Gasteiger partial charge in [-0.15, -0.1) is 0 Å². The molecule has 1 saturated carbocycles. The van der Waals surface area contributed by atoms with E-state index in [2.05, 4.69) is 13.8 Å². The Kier molecular flexibility index (Phi) is 3.26. The predicted molar refractivity (Wildman–Crippen MR) is 69.2 cm³/mol. The van der Waals surface area contributed by atoms with Gasteiger partial charge in [0.05, 0.1) is 0 Å². The summed E-state index contributed by atoms with van der Waals surface area (Å²) in [5.74, 6) is 0.962. The van der Waals surface area contributed by atoms with Crippen molar-refractivity contribution in [3.05, 3.63) is 35.1 Å². The fourth-order valence-corrected chi connectivity index (χ4v) is 3.16. The molecular weight excluding hydrogens is 213 g/mol. The molecule has 0 heterocycles. The minimum atomic E-state index is -0.349. The van der Waals surface area contributed by atoms with E-state index in [-0.39, 0.29) is 11.4 Å². The Hall–Kier alpha value is -0.890. The van der Waals surface area contributed by atoms with Crippen LogP contribution in [0.3, 0.4) is 0 Å². The SMILES string of the molecule is Cc1ccc(F)cc1C1(N)CCC(C)CC1C. The zero-order valence-corrected chi connectivity index (χ0v) is 11.0. The molecule has 1 aliphatic rings. The molecule has 3 unspecified atom stereocenters. The van der Waals surface area contributed by atoms with Gasteiger partial charge in [-0.1, -0.05) is 19.9 Å². The lowest BCUT2D eigenvalue weighted by atomic mass is 9.66. The Balaban J connectivity index is 2.40. The first-order valence-corrected chi connectivity index (χ1v) is 6.49. The average Bonchev–Trinajstić information content (AvgIpc) is 2.27. The predicted octanol–water partition coefficient (Wildman–Crippen LogP) is 3.74.